The van der Waals surface area contributed by atoms with Crippen molar-refractivity contribution in [1.29, 1.82) is 0 Å². The third kappa shape index (κ3) is 5.10. The molecule has 0 saturated heterocycles. The van der Waals surface area contributed by atoms with Gasteiger partial charge in [0.1, 0.15) is 0 Å². The Kier molecular flexibility index (Phi) is 9.64. The standard InChI is InChI=1S/C25H29.3ClH.Ti/c1-3-7-18(8-4-1)20-11-13-22-15-23-14-12-21(17-25(23)24(22)16-20)19-9-5-2-6-10-19;;;;/h11-13,16-19H,1-10,15H2;3*1H;/q;;;;+3/p-3. The van der Waals surface area contributed by atoms with E-state index in [0.717, 1.165) is 18.3 Å². The summed E-state index contributed by atoms with van der Waals surface area (Å²) in [5, 5.41) is 0. The molecule has 0 aliphatic heterocycles. The summed E-state index contributed by atoms with van der Waals surface area (Å²) in [5.41, 5.74) is 9.51. The maximum atomic E-state index is 2.58. The molecule has 0 unspecified atom stereocenters. The molecule has 0 amide bonds. The third-order valence-electron chi connectivity index (χ3n) is 7.22. The van der Waals surface area contributed by atoms with Crippen LogP contribution in [0.25, 0.3) is 11.1 Å². The zero-order valence-corrected chi connectivity index (χ0v) is 20.8. The quantitative estimate of drug-likeness (QED) is 0.355. The maximum absolute atomic E-state index is 2.58. The normalized spacial score (nSPS) is 18.7. The van der Waals surface area contributed by atoms with Crippen LogP contribution in [0.2, 0.25) is 0 Å². The molecular weight excluding hydrogens is 455 g/mol. The average Bonchev–Trinajstić information content (AvgIpc) is 3.08. The van der Waals surface area contributed by atoms with Crippen molar-refractivity contribution in [3.05, 3.63) is 52.6 Å². The molecule has 4 heteroatoms. The van der Waals surface area contributed by atoms with Crippen LogP contribution in [-0.4, -0.2) is 0 Å². The Morgan fingerprint density at radius 1 is 0.621 bits per heavy atom. The zero-order valence-electron chi connectivity index (χ0n) is 17.0. The molecule has 2 fully saturated rings. The van der Waals surface area contributed by atoms with Gasteiger partial charge in [-0.1, -0.05) is 0 Å². The molecule has 0 nitrogen and oxygen atoms in total. The molecule has 3 aliphatic carbocycles. The number of hydrogen-bond donors (Lipinski definition) is 0. The van der Waals surface area contributed by atoms with Gasteiger partial charge in [-0.05, 0) is 0 Å². The minimum absolute atomic E-state index is 0. The molecule has 0 aromatic heterocycles. The number of hydrogen-bond acceptors (Lipinski definition) is 0. The van der Waals surface area contributed by atoms with Crippen LogP contribution in [0, 0.1) is 0 Å². The van der Waals surface area contributed by atoms with Gasteiger partial charge < -0.3 is 37.2 Å². The minimum atomic E-state index is 0. The molecule has 0 bridgehead atoms. The van der Waals surface area contributed by atoms with Gasteiger partial charge in [-0.15, -0.1) is 0 Å². The molecule has 0 N–H and O–H groups in total. The van der Waals surface area contributed by atoms with E-state index in [1.165, 1.54) is 68.1 Å². The Morgan fingerprint density at radius 3 is 1.79 bits per heavy atom. The van der Waals surface area contributed by atoms with E-state index in [1.807, 2.05) is 0 Å². The van der Waals surface area contributed by atoms with E-state index < -0.39 is 0 Å². The van der Waals surface area contributed by atoms with Crippen LogP contribution in [0.4, 0.5) is 0 Å². The Morgan fingerprint density at radius 2 is 1.17 bits per heavy atom. The van der Waals surface area contributed by atoms with E-state index in [2.05, 4.69) is 50.8 Å². The van der Waals surface area contributed by atoms with Gasteiger partial charge in [-0.3, -0.25) is 0 Å². The van der Waals surface area contributed by atoms with E-state index in [-0.39, 0.29) is 37.2 Å². The monoisotopic (exact) mass is 482 g/mol. The van der Waals surface area contributed by atoms with E-state index in [0.29, 0.717) is 0 Å². The van der Waals surface area contributed by atoms with Crippen molar-refractivity contribution in [1.82, 2.24) is 0 Å². The Labute approximate surface area is 206 Å². The molecule has 0 heterocycles. The van der Waals surface area contributed by atoms with E-state index in [9.17, 15) is 0 Å². The van der Waals surface area contributed by atoms with Crippen LogP contribution in [0.5, 0.6) is 0 Å². The van der Waals surface area contributed by atoms with Crippen molar-refractivity contribution in [2.45, 2.75) is 82.5 Å². The second-order valence-corrected chi connectivity index (χ2v) is 9.70. The zero-order chi connectivity index (χ0) is 17.5. The molecule has 3 aliphatic rings. The fourth-order valence-corrected chi connectivity index (χ4v) is 6.28. The van der Waals surface area contributed by atoms with Gasteiger partial charge >= 0.3 is 170 Å². The van der Waals surface area contributed by atoms with Crippen LogP contribution in [0.3, 0.4) is 0 Å². The summed E-state index contributed by atoms with van der Waals surface area (Å²) in [6, 6.07) is 12.6. The summed E-state index contributed by atoms with van der Waals surface area (Å²) in [4.78, 5) is 0. The predicted octanol–water partition coefficient (Wildman–Crippen LogP) is -2.46. The second kappa shape index (κ2) is 11.1. The molecule has 2 aromatic carbocycles. The Balaban J connectivity index is 0.000001000. The molecule has 2 aromatic rings. The van der Waals surface area contributed by atoms with Crippen molar-refractivity contribution in [3.8, 4) is 11.1 Å². The summed E-state index contributed by atoms with van der Waals surface area (Å²) >= 11 is 2.35. The summed E-state index contributed by atoms with van der Waals surface area (Å²) < 4.78 is 1.53. The first-order valence-corrected chi connectivity index (χ1v) is 11.6. The van der Waals surface area contributed by atoms with Gasteiger partial charge in [0.25, 0.3) is 0 Å². The molecule has 29 heavy (non-hydrogen) atoms. The average molecular weight is 484 g/mol. The van der Waals surface area contributed by atoms with Crippen molar-refractivity contribution >= 4 is 3.87 Å². The number of rotatable bonds is 2. The van der Waals surface area contributed by atoms with Crippen LogP contribution < -0.4 is 41.1 Å². The molecule has 0 spiro atoms. The number of halogens is 3. The van der Waals surface area contributed by atoms with Crippen molar-refractivity contribution < 1.29 is 57.7 Å². The van der Waals surface area contributed by atoms with Crippen molar-refractivity contribution in [2.75, 3.05) is 0 Å². The van der Waals surface area contributed by atoms with Crippen LogP contribution in [0.1, 0.15) is 98.3 Å². The van der Waals surface area contributed by atoms with Crippen molar-refractivity contribution in [3.63, 3.8) is 0 Å². The van der Waals surface area contributed by atoms with Gasteiger partial charge in [0.15, 0.2) is 0 Å². The number of fused-ring (bicyclic) bond motifs is 3. The molecule has 5 rings (SSSR count). The molecule has 154 valence electrons. The summed E-state index contributed by atoms with van der Waals surface area (Å²) in [6.45, 7) is 0. The molecule has 0 atom stereocenters. The first kappa shape index (κ1) is 25.3. The van der Waals surface area contributed by atoms with Crippen LogP contribution in [0.15, 0.2) is 30.3 Å². The van der Waals surface area contributed by atoms with Crippen LogP contribution >= 0.6 is 0 Å². The van der Waals surface area contributed by atoms with Gasteiger partial charge in [-0.25, -0.2) is 0 Å². The van der Waals surface area contributed by atoms with E-state index in [1.54, 1.807) is 33.4 Å². The summed E-state index contributed by atoms with van der Waals surface area (Å²) in [7, 11) is 0. The van der Waals surface area contributed by atoms with Crippen LogP contribution in [-0.2, 0) is 26.9 Å². The van der Waals surface area contributed by atoms with Gasteiger partial charge in [0.2, 0.25) is 0 Å². The topological polar surface area (TPSA) is 0 Å². The summed E-state index contributed by atoms with van der Waals surface area (Å²) in [6.07, 6.45) is 15.3. The predicted molar refractivity (Wildman–Crippen MR) is 106 cm³/mol. The molecular formula is C25H29Cl3Ti. The van der Waals surface area contributed by atoms with E-state index in [4.69, 9.17) is 0 Å². The van der Waals surface area contributed by atoms with E-state index >= 15 is 0 Å². The first-order valence-electron chi connectivity index (χ1n) is 10.8. The summed E-state index contributed by atoms with van der Waals surface area (Å²) in [5.74, 6) is 1.61. The Bertz CT molecular complexity index is 821. The SMILES string of the molecule is [Cl-].[Cl-].[Cl-].[Ti+3][c]1cc(C2CCCCC2)cc2c1Cc1ccc(C3CCCCC3)cc1-2. The van der Waals surface area contributed by atoms with Gasteiger partial charge in [0.05, 0.1) is 0 Å². The number of benzene rings is 2. The van der Waals surface area contributed by atoms with Gasteiger partial charge in [0, 0.05) is 0 Å². The van der Waals surface area contributed by atoms with Crippen molar-refractivity contribution in [2.24, 2.45) is 0 Å². The molecule has 0 radical (unpaired) electrons. The van der Waals surface area contributed by atoms with Gasteiger partial charge in [-0.2, -0.15) is 0 Å². The fraction of sp³-hybridized carbons (Fsp3) is 0.520. The fourth-order valence-electron chi connectivity index (χ4n) is 5.68. The first-order chi connectivity index (χ1) is 12.8. The second-order valence-electron chi connectivity index (χ2n) is 8.86. The third-order valence-corrected chi connectivity index (χ3v) is 7.91. The molecule has 2 saturated carbocycles. The Hall–Kier alpha value is 0.0243.